The normalized spacial score (nSPS) is 14.9. The zero-order valence-electron chi connectivity index (χ0n) is 11.4. The fraction of sp³-hybridized carbons (Fsp3) is 1.00. The summed E-state index contributed by atoms with van der Waals surface area (Å²) in [4.78, 5) is 0. The Kier molecular flexibility index (Phi) is 7.28. The summed E-state index contributed by atoms with van der Waals surface area (Å²) in [7, 11) is -3.52. The quantitative estimate of drug-likeness (QED) is 0.651. The molecule has 4 nitrogen and oxygen atoms in total. The van der Waals surface area contributed by atoms with Gasteiger partial charge in [-0.2, -0.15) is 8.42 Å². The van der Waals surface area contributed by atoms with Gasteiger partial charge < -0.3 is 5.11 Å². The van der Waals surface area contributed by atoms with E-state index < -0.39 is 21.8 Å². The Balaban J connectivity index is 4.64. The maximum absolute atomic E-state index is 11.1. The number of unbranched alkanes of at least 4 members (excludes halogenated alkanes) is 2. The predicted molar refractivity (Wildman–Crippen MR) is 69.4 cm³/mol. The highest BCUT2D eigenvalue weighted by Gasteiger charge is 2.35. The molecule has 0 amide bonds. The lowest BCUT2D eigenvalue weighted by molar-refractivity contribution is -0.0654. The van der Waals surface area contributed by atoms with E-state index in [1.807, 2.05) is 13.8 Å². The summed E-state index contributed by atoms with van der Waals surface area (Å²) in [5.74, 6) is 0. The summed E-state index contributed by atoms with van der Waals surface area (Å²) in [5.41, 5.74) is -1.03. The van der Waals surface area contributed by atoms with Gasteiger partial charge in [0.05, 0.1) is 11.9 Å². The minimum atomic E-state index is -3.52. The first kappa shape index (κ1) is 16.9. The summed E-state index contributed by atoms with van der Waals surface area (Å²) in [6, 6.07) is 0. The van der Waals surface area contributed by atoms with Crippen molar-refractivity contribution in [1.29, 1.82) is 0 Å². The fourth-order valence-electron chi connectivity index (χ4n) is 1.85. The smallest absolute Gasteiger partial charge is 0.264 e. The van der Waals surface area contributed by atoms with Crippen molar-refractivity contribution in [3.8, 4) is 0 Å². The van der Waals surface area contributed by atoms with E-state index in [4.69, 9.17) is 4.18 Å². The van der Waals surface area contributed by atoms with Gasteiger partial charge in [-0.3, -0.25) is 4.18 Å². The van der Waals surface area contributed by atoms with Gasteiger partial charge in [0, 0.05) is 0 Å². The van der Waals surface area contributed by atoms with E-state index in [0.717, 1.165) is 31.9 Å². The molecule has 1 unspecified atom stereocenters. The second-order valence-electron chi connectivity index (χ2n) is 4.75. The van der Waals surface area contributed by atoms with Gasteiger partial charge >= 0.3 is 0 Å². The van der Waals surface area contributed by atoms with Gasteiger partial charge in [-0.1, -0.05) is 39.5 Å². The van der Waals surface area contributed by atoms with Crippen molar-refractivity contribution in [3.05, 3.63) is 0 Å². The standard InChI is InChI=1S/C12H26O4S/c1-5-7-9-12(13,10-8-6-2)11(3)16-17(4,14)15/h11,13H,5-10H2,1-4H3. The zero-order valence-corrected chi connectivity index (χ0v) is 12.2. The summed E-state index contributed by atoms with van der Waals surface area (Å²) < 4.78 is 27.1. The van der Waals surface area contributed by atoms with Crippen molar-refractivity contribution in [3.63, 3.8) is 0 Å². The van der Waals surface area contributed by atoms with E-state index in [9.17, 15) is 13.5 Å². The van der Waals surface area contributed by atoms with Crippen LogP contribution in [0.2, 0.25) is 0 Å². The molecule has 0 saturated heterocycles. The van der Waals surface area contributed by atoms with E-state index in [-0.39, 0.29) is 0 Å². The molecule has 0 aromatic rings. The van der Waals surface area contributed by atoms with Crippen LogP contribution in [0.4, 0.5) is 0 Å². The van der Waals surface area contributed by atoms with E-state index >= 15 is 0 Å². The molecule has 0 fully saturated rings. The molecule has 0 spiro atoms. The molecule has 0 aliphatic rings. The van der Waals surface area contributed by atoms with Crippen LogP contribution >= 0.6 is 0 Å². The van der Waals surface area contributed by atoms with Gasteiger partial charge in [-0.05, 0) is 19.8 Å². The SMILES string of the molecule is CCCCC(O)(CCCC)C(C)OS(C)(=O)=O. The average molecular weight is 266 g/mol. The largest absolute Gasteiger partial charge is 0.387 e. The van der Waals surface area contributed by atoms with Crippen molar-refractivity contribution in [2.45, 2.75) is 71.0 Å². The van der Waals surface area contributed by atoms with Crippen molar-refractivity contribution in [2.75, 3.05) is 6.26 Å². The molecular formula is C12H26O4S. The van der Waals surface area contributed by atoms with Gasteiger partial charge in [0.2, 0.25) is 0 Å². The van der Waals surface area contributed by atoms with Crippen molar-refractivity contribution >= 4 is 10.1 Å². The maximum atomic E-state index is 11.1. The summed E-state index contributed by atoms with van der Waals surface area (Å²) in [6.45, 7) is 5.72. The lowest BCUT2D eigenvalue weighted by Crippen LogP contribution is -2.43. The molecule has 0 heterocycles. The van der Waals surface area contributed by atoms with E-state index in [1.54, 1.807) is 6.92 Å². The van der Waals surface area contributed by atoms with Crippen molar-refractivity contribution < 1.29 is 17.7 Å². The second kappa shape index (κ2) is 7.34. The van der Waals surface area contributed by atoms with Crippen LogP contribution in [0.15, 0.2) is 0 Å². The van der Waals surface area contributed by atoms with Gasteiger partial charge in [0.15, 0.2) is 0 Å². The van der Waals surface area contributed by atoms with Crippen LogP contribution in [0.1, 0.15) is 59.3 Å². The number of aliphatic hydroxyl groups is 1. The fourth-order valence-corrected chi connectivity index (χ4v) is 2.55. The van der Waals surface area contributed by atoms with E-state index in [0.29, 0.717) is 12.8 Å². The summed E-state index contributed by atoms with van der Waals surface area (Å²) in [6.07, 6.45) is 5.19. The number of hydrogen-bond donors (Lipinski definition) is 1. The van der Waals surface area contributed by atoms with Crippen LogP contribution in [-0.4, -0.2) is 31.5 Å². The Bertz CT molecular complexity index is 290. The Hall–Kier alpha value is -0.130. The van der Waals surface area contributed by atoms with Crippen LogP contribution in [0, 0.1) is 0 Å². The van der Waals surface area contributed by atoms with Crippen molar-refractivity contribution in [1.82, 2.24) is 0 Å². The van der Waals surface area contributed by atoms with Crippen LogP contribution < -0.4 is 0 Å². The third-order valence-corrected chi connectivity index (χ3v) is 3.64. The maximum Gasteiger partial charge on any atom is 0.264 e. The minimum Gasteiger partial charge on any atom is -0.387 e. The first-order valence-electron chi connectivity index (χ1n) is 6.35. The predicted octanol–water partition coefficient (Wildman–Crippen LogP) is 2.46. The molecule has 0 aliphatic carbocycles. The summed E-state index contributed by atoms with van der Waals surface area (Å²) in [5, 5.41) is 10.5. The summed E-state index contributed by atoms with van der Waals surface area (Å²) >= 11 is 0. The van der Waals surface area contributed by atoms with Gasteiger partial charge in [-0.25, -0.2) is 0 Å². The molecule has 1 atom stereocenters. The Labute approximate surface area is 105 Å². The second-order valence-corrected chi connectivity index (χ2v) is 6.35. The Morgan fingerprint density at radius 1 is 1.18 bits per heavy atom. The first-order valence-corrected chi connectivity index (χ1v) is 8.17. The molecular weight excluding hydrogens is 240 g/mol. The monoisotopic (exact) mass is 266 g/mol. The van der Waals surface area contributed by atoms with Crippen LogP contribution in [-0.2, 0) is 14.3 Å². The molecule has 0 saturated carbocycles. The average Bonchev–Trinajstić information content (AvgIpc) is 2.21. The first-order chi connectivity index (χ1) is 7.75. The molecule has 0 aliphatic heterocycles. The number of rotatable bonds is 9. The third-order valence-electron chi connectivity index (χ3n) is 3.00. The molecule has 1 N–H and O–H groups in total. The molecule has 0 rings (SSSR count). The molecule has 0 aromatic carbocycles. The highest BCUT2D eigenvalue weighted by Crippen LogP contribution is 2.28. The van der Waals surface area contributed by atoms with Crippen LogP contribution in [0.25, 0.3) is 0 Å². The third kappa shape index (κ3) is 7.01. The molecule has 104 valence electrons. The van der Waals surface area contributed by atoms with Crippen LogP contribution in [0.3, 0.4) is 0 Å². The lowest BCUT2D eigenvalue weighted by atomic mass is 9.86. The lowest BCUT2D eigenvalue weighted by Gasteiger charge is -2.33. The molecule has 0 aromatic heterocycles. The van der Waals surface area contributed by atoms with E-state index in [2.05, 4.69) is 0 Å². The Morgan fingerprint density at radius 3 is 1.88 bits per heavy atom. The Morgan fingerprint density at radius 2 is 1.59 bits per heavy atom. The highest BCUT2D eigenvalue weighted by atomic mass is 32.2. The zero-order chi connectivity index (χ0) is 13.5. The molecule has 5 heteroatoms. The molecule has 0 bridgehead atoms. The molecule has 0 radical (unpaired) electrons. The van der Waals surface area contributed by atoms with Gasteiger partial charge in [0.1, 0.15) is 6.10 Å². The number of hydrogen-bond acceptors (Lipinski definition) is 4. The minimum absolute atomic E-state index is 0.584. The highest BCUT2D eigenvalue weighted by molar-refractivity contribution is 7.86. The van der Waals surface area contributed by atoms with Gasteiger partial charge in [-0.15, -0.1) is 0 Å². The van der Waals surface area contributed by atoms with Crippen LogP contribution in [0.5, 0.6) is 0 Å². The van der Waals surface area contributed by atoms with Gasteiger partial charge in [0.25, 0.3) is 10.1 Å². The topological polar surface area (TPSA) is 63.6 Å². The van der Waals surface area contributed by atoms with Crippen molar-refractivity contribution in [2.24, 2.45) is 0 Å². The molecule has 17 heavy (non-hydrogen) atoms. The van der Waals surface area contributed by atoms with E-state index in [1.165, 1.54) is 0 Å².